The van der Waals surface area contributed by atoms with Gasteiger partial charge < -0.3 is 20.3 Å². The number of carbonyl (C=O) groups excluding carboxylic acids is 1. The second kappa shape index (κ2) is 9.97. The molecule has 0 saturated carbocycles. The first-order valence-corrected chi connectivity index (χ1v) is 13.8. The third kappa shape index (κ3) is 4.13. The number of aromatic amines is 1. The van der Waals surface area contributed by atoms with Crippen LogP contribution in [0, 0.1) is 13.8 Å². The molecule has 9 heteroatoms. The van der Waals surface area contributed by atoms with E-state index in [4.69, 9.17) is 4.98 Å². The number of hydrogen-bond acceptors (Lipinski definition) is 6. The number of aryl methyl sites for hydroxylation is 3. The van der Waals surface area contributed by atoms with Crippen LogP contribution in [0.3, 0.4) is 0 Å². The summed E-state index contributed by atoms with van der Waals surface area (Å²) in [6.07, 6.45) is 3.74. The Bertz CT molecular complexity index is 1990. The Hall–Kier alpha value is -5.28. The SMILES string of the molecule is Cc1cnc(Nc2cc(C)n(C)n2)nc1-c1c[nH]c2c(N3Cc4c(cccc4-c4ccccc4CO)C3=O)cccc12. The molecule has 6 aromatic rings. The fourth-order valence-electron chi connectivity index (χ4n) is 5.77. The van der Waals surface area contributed by atoms with Crippen molar-refractivity contribution < 1.29 is 9.90 Å². The fraction of sp³-hybridized carbons (Fsp3) is 0.152. The first-order chi connectivity index (χ1) is 20.4. The van der Waals surface area contributed by atoms with E-state index in [0.717, 1.165) is 61.4 Å². The maximum atomic E-state index is 13.8. The van der Waals surface area contributed by atoms with Crippen LogP contribution < -0.4 is 10.2 Å². The average Bonchev–Trinajstić information content (AvgIpc) is 3.68. The van der Waals surface area contributed by atoms with Crippen LogP contribution >= 0.6 is 0 Å². The van der Waals surface area contributed by atoms with Crippen LogP contribution in [-0.2, 0) is 20.2 Å². The van der Waals surface area contributed by atoms with Gasteiger partial charge in [-0.2, -0.15) is 5.10 Å². The predicted octanol–water partition coefficient (Wildman–Crippen LogP) is 6.04. The molecule has 9 nitrogen and oxygen atoms in total. The number of anilines is 3. The number of aliphatic hydroxyl groups excluding tert-OH is 1. The van der Waals surface area contributed by atoms with Gasteiger partial charge in [0.2, 0.25) is 5.95 Å². The highest BCUT2D eigenvalue weighted by Gasteiger charge is 2.32. The standard InChI is InChI=1S/C33H29N7O2/c1-19-15-35-33(36-29-14-20(2)39(3)38-29)37-30(19)26-16-34-31-24(26)11-7-13-28(31)40-17-27-23(10-6-12-25(27)32(40)42)22-9-5-4-8-21(22)18-41/h4-16,34,41H,17-18H2,1-3H3,(H,35,36,37,38). The van der Waals surface area contributed by atoms with Gasteiger partial charge in [-0.3, -0.25) is 9.48 Å². The zero-order chi connectivity index (χ0) is 29.0. The highest BCUT2D eigenvalue weighted by atomic mass is 16.3. The summed E-state index contributed by atoms with van der Waals surface area (Å²) in [6, 6.07) is 21.5. The van der Waals surface area contributed by atoms with Crippen LogP contribution in [0.2, 0.25) is 0 Å². The van der Waals surface area contributed by atoms with E-state index in [1.54, 1.807) is 10.9 Å². The Labute approximate surface area is 242 Å². The molecule has 208 valence electrons. The van der Waals surface area contributed by atoms with E-state index in [-0.39, 0.29) is 12.5 Å². The molecule has 0 bridgehead atoms. The van der Waals surface area contributed by atoms with Gasteiger partial charge in [0.15, 0.2) is 5.82 Å². The van der Waals surface area contributed by atoms with Gasteiger partial charge in [-0.1, -0.05) is 48.5 Å². The van der Waals surface area contributed by atoms with Crippen LogP contribution in [0.4, 0.5) is 17.5 Å². The summed E-state index contributed by atoms with van der Waals surface area (Å²) in [5.41, 5.74) is 9.71. The summed E-state index contributed by atoms with van der Waals surface area (Å²) in [7, 11) is 1.89. The predicted molar refractivity (Wildman–Crippen MR) is 164 cm³/mol. The number of fused-ring (bicyclic) bond motifs is 2. The smallest absolute Gasteiger partial charge is 0.259 e. The summed E-state index contributed by atoms with van der Waals surface area (Å²) in [6.45, 7) is 4.34. The summed E-state index contributed by atoms with van der Waals surface area (Å²) in [5, 5.41) is 18.6. The average molecular weight is 556 g/mol. The van der Waals surface area contributed by atoms with Crippen molar-refractivity contribution >= 4 is 34.3 Å². The van der Waals surface area contributed by atoms with Crippen molar-refractivity contribution in [2.75, 3.05) is 10.2 Å². The Kier molecular flexibility index (Phi) is 6.09. The van der Waals surface area contributed by atoms with Gasteiger partial charge >= 0.3 is 0 Å². The molecule has 0 atom stereocenters. The number of amides is 1. The van der Waals surface area contributed by atoms with Crippen molar-refractivity contribution in [3.8, 4) is 22.4 Å². The number of aliphatic hydroxyl groups is 1. The highest BCUT2D eigenvalue weighted by molar-refractivity contribution is 6.15. The molecule has 3 aromatic carbocycles. The molecule has 1 amide bonds. The van der Waals surface area contributed by atoms with E-state index in [0.29, 0.717) is 23.9 Å². The van der Waals surface area contributed by atoms with Crippen molar-refractivity contribution in [2.24, 2.45) is 7.05 Å². The molecule has 0 unspecified atom stereocenters. The second-order valence-corrected chi connectivity index (χ2v) is 10.6. The molecular weight excluding hydrogens is 526 g/mol. The van der Waals surface area contributed by atoms with Gasteiger partial charge in [0.25, 0.3) is 5.91 Å². The van der Waals surface area contributed by atoms with Gasteiger partial charge in [0, 0.05) is 47.7 Å². The number of aromatic nitrogens is 5. The molecule has 3 N–H and O–H groups in total. The van der Waals surface area contributed by atoms with Gasteiger partial charge in [0.05, 0.1) is 30.0 Å². The monoisotopic (exact) mass is 555 g/mol. The third-order valence-corrected chi connectivity index (χ3v) is 8.01. The third-order valence-electron chi connectivity index (χ3n) is 8.01. The molecule has 1 aliphatic rings. The molecule has 1 aliphatic heterocycles. The number of hydrogen-bond donors (Lipinski definition) is 3. The van der Waals surface area contributed by atoms with E-state index in [9.17, 15) is 9.90 Å². The second-order valence-electron chi connectivity index (χ2n) is 10.6. The first kappa shape index (κ1) is 25.7. The number of carbonyl (C=O) groups is 1. The molecule has 0 aliphatic carbocycles. The lowest BCUT2D eigenvalue weighted by molar-refractivity contribution is 0.0997. The Morgan fingerprint density at radius 2 is 1.76 bits per heavy atom. The lowest BCUT2D eigenvalue weighted by atomic mass is 9.94. The molecule has 3 aromatic heterocycles. The van der Waals surface area contributed by atoms with Crippen molar-refractivity contribution in [1.29, 1.82) is 0 Å². The summed E-state index contributed by atoms with van der Waals surface area (Å²) in [5.74, 6) is 1.09. The van der Waals surface area contributed by atoms with Crippen molar-refractivity contribution in [1.82, 2.24) is 24.7 Å². The van der Waals surface area contributed by atoms with Gasteiger partial charge in [-0.25, -0.2) is 9.97 Å². The van der Waals surface area contributed by atoms with Crippen LogP contribution in [0.15, 0.2) is 79.1 Å². The lowest BCUT2D eigenvalue weighted by Crippen LogP contribution is -2.23. The maximum Gasteiger partial charge on any atom is 0.259 e. The molecule has 0 radical (unpaired) electrons. The summed E-state index contributed by atoms with van der Waals surface area (Å²) in [4.78, 5) is 28.3. The van der Waals surface area contributed by atoms with E-state index >= 15 is 0 Å². The number of H-pyrrole nitrogens is 1. The summed E-state index contributed by atoms with van der Waals surface area (Å²) >= 11 is 0. The van der Waals surface area contributed by atoms with E-state index in [1.165, 1.54) is 0 Å². The minimum Gasteiger partial charge on any atom is -0.392 e. The highest BCUT2D eigenvalue weighted by Crippen LogP contribution is 2.40. The summed E-state index contributed by atoms with van der Waals surface area (Å²) < 4.78 is 1.80. The van der Waals surface area contributed by atoms with Gasteiger partial charge in [0.1, 0.15) is 0 Å². The van der Waals surface area contributed by atoms with Crippen LogP contribution in [0.25, 0.3) is 33.3 Å². The minimum atomic E-state index is -0.0662. The zero-order valence-electron chi connectivity index (χ0n) is 23.5. The number of para-hydroxylation sites is 1. The minimum absolute atomic E-state index is 0.0488. The van der Waals surface area contributed by atoms with Gasteiger partial charge in [-0.15, -0.1) is 0 Å². The molecule has 0 spiro atoms. The normalized spacial score (nSPS) is 12.8. The van der Waals surface area contributed by atoms with Crippen LogP contribution in [-0.4, -0.2) is 35.7 Å². The topological polar surface area (TPSA) is 112 Å². The van der Waals surface area contributed by atoms with Crippen molar-refractivity contribution in [3.63, 3.8) is 0 Å². The lowest BCUT2D eigenvalue weighted by Gasteiger charge is -2.17. The Morgan fingerprint density at radius 1 is 0.976 bits per heavy atom. The number of nitrogens with zero attached hydrogens (tertiary/aromatic N) is 5. The van der Waals surface area contributed by atoms with E-state index < -0.39 is 0 Å². The number of benzene rings is 3. The maximum absolute atomic E-state index is 13.8. The van der Waals surface area contributed by atoms with E-state index in [1.807, 2.05) is 98.7 Å². The van der Waals surface area contributed by atoms with Crippen LogP contribution in [0.5, 0.6) is 0 Å². The Balaban J connectivity index is 1.27. The molecule has 7 rings (SSSR count). The quantitative estimate of drug-likeness (QED) is 0.231. The molecule has 4 heterocycles. The van der Waals surface area contributed by atoms with Gasteiger partial charge in [-0.05, 0) is 53.8 Å². The Morgan fingerprint density at radius 3 is 2.57 bits per heavy atom. The molecule has 42 heavy (non-hydrogen) atoms. The number of nitrogens with one attached hydrogen (secondary N) is 2. The largest absolute Gasteiger partial charge is 0.392 e. The van der Waals surface area contributed by atoms with Crippen LogP contribution in [0.1, 0.15) is 32.7 Å². The molecule has 0 fully saturated rings. The van der Waals surface area contributed by atoms with E-state index in [2.05, 4.69) is 20.4 Å². The van der Waals surface area contributed by atoms with Crippen molar-refractivity contribution in [2.45, 2.75) is 27.0 Å². The molecule has 0 saturated heterocycles. The first-order valence-electron chi connectivity index (χ1n) is 13.8. The number of rotatable bonds is 6. The molecular formula is C33H29N7O2. The fourth-order valence-corrected chi connectivity index (χ4v) is 5.77. The zero-order valence-corrected chi connectivity index (χ0v) is 23.5. The van der Waals surface area contributed by atoms with Crippen molar-refractivity contribution in [3.05, 3.63) is 107 Å².